The van der Waals surface area contributed by atoms with Crippen molar-refractivity contribution in [1.82, 2.24) is 0 Å². The van der Waals surface area contributed by atoms with E-state index in [2.05, 4.69) is 0 Å². The summed E-state index contributed by atoms with van der Waals surface area (Å²) in [7, 11) is -3.92. The van der Waals surface area contributed by atoms with E-state index >= 15 is 0 Å². The van der Waals surface area contributed by atoms with Crippen molar-refractivity contribution in [3.05, 3.63) is 59.9 Å². The molecule has 0 unspecified atom stereocenters. The highest BCUT2D eigenvalue weighted by molar-refractivity contribution is 7.87. The minimum absolute atomic E-state index is 0.0646. The van der Waals surface area contributed by atoms with E-state index in [4.69, 9.17) is 4.18 Å². The molecule has 2 aromatic rings. The van der Waals surface area contributed by atoms with E-state index in [1.54, 1.807) is 18.2 Å². The summed E-state index contributed by atoms with van der Waals surface area (Å²) >= 11 is 0. The average molecular weight is 266 g/mol. The molecule has 0 saturated carbocycles. The minimum Gasteiger partial charge on any atom is -0.379 e. The topological polar surface area (TPSA) is 43.4 Å². The molecule has 0 spiro atoms. The highest BCUT2D eigenvalue weighted by Gasteiger charge is 2.17. The number of rotatable bonds is 3. The van der Waals surface area contributed by atoms with Gasteiger partial charge in [0.05, 0.1) is 0 Å². The Bertz CT molecular complexity index is 651. The number of aryl methyl sites for hydroxylation is 1. The number of halogens is 1. The molecule has 0 aromatic heterocycles. The second-order valence-electron chi connectivity index (χ2n) is 3.76. The summed E-state index contributed by atoms with van der Waals surface area (Å²) in [6.07, 6.45) is 0. The first-order valence-electron chi connectivity index (χ1n) is 5.25. The largest absolute Gasteiger partial charge is 0.379 e. The first-order chi connectivity index (χ1) is 8.49. The van der Waals surface area contributed by atoms with Gasteiger partial charge in [-0.25, -0.2) is 4.39 Å². The summed E-state index contributed by atoms with van der Waals surface area (Å²) in [4.78, 5) is -0.0646. The van der Waals surface area contributed by atoms with Crippen LogP contribution in [0.25, 0.3) is 0 Å². The molecule has 18 heavy (non-hydrogen) atoms. The first kappa shape index (κ1) is 12.6. The molecule has 0 aliphatic rings. The third-order valence-corrected chi connectivity index (χ3v) is 3.61. The van der Waals surface area contributed by atoms with Crippen molar-refractivity contribution in [1.29, 1.82) is 0 Å². The van der Waals surface area contributed by atoms with Gasteiger partial charge in [-0.3, -0.25) is 0 Å². The standard InChI is InChI=1S/C13H11FO3S/c1-10-9-12(7-8-13(10)14)18(15,16)17-11-5-3-2-4-6-11/h2-9H,1H3. The summed E-state index contributed by atoms with van der Waals surface area (Å²) in [5.41, 5.74) is 0.257. The molecule has 94 valence electrons. The molecular weight excluding hydrogens is 255 g/mol. The molecule has 2 aromatic carbocycles. The third kappa shape index (κ3) is 2.68. The van der Waals surface area contributed by atoms with Crippen LogP contribution < -0.4 is 4.18 Å². The van der Waals surface area contributed by atoms with Gasteiger partial charge in [-0.05, 0) is 42.8 Å². The molecule has 3 nitrogen and oxygen atoms in total. The van der Waals surface area contributed by atoms with Crippen LogP contribution in [-0.2, 0) is 10.1 Å². The van der Waals surface area contributed by atoms with Gasteiger partial charge in [0.1, 0.15) is 16.5 Å². The number of benzene rings is 2. The van der Waals surface area contributed by atoms with Gasteiger partial charge < -0.3 is 4.18 Å². The van der Waals surface area contributed by atoms with Crippen molar-refractivity contribution in [3.8, 4) is 5.75 Å². The van der Waals surface area contributed by atoms with Crippen LogP contribution in [-0.4, -0.2) is 8.42 Å². The molecule has 0 radical (unpaired) electrons. The summed E-state index contributed by atoms with van der Waals surface area (Å²) in [5, 5.41) is 0. The Morgan fingerprint density at radius 1 is 1.06 bits per heavy atom. The van der Waals surface area contributed by atoms with Crippen LogP contribution in [0.2, 0.25) is 0 Å². The predicted octanol–water partition coefficient (Wildman–Crippen LogP) is 2.90. The van der Waals surface area contributed by atoms with Crippen LogP contribution in [0.4, 0.5) is 4.39 Å². The molecule has 0 aliphatic carbocycles. The van der Waals surface area contributed by atoms with Crippen LogP contribution in [0.5, 0.6) is 5.75 Å². The maximum atomic E-state index is 13.1. The van der Waals surface area contributed by atoms with Crippen molar-refractivity contribution in [2.45, 2.75) is 11.8 Å². The third-order valence-electron chi connectivity index (χ3n) is 2.37. The quantitative estimate of drug-likeness (QED) is 0.802. The van der Waals surface area contributed by atoms with Crippen LogP contribution in [0.3, 0.4) is 0 Å². The maximum Gasteiger partial charge on any atom is 0.339 e. The molecule has 0 N–H and O–H groups in total. The number of para-hydroxylation sites is 1. The molecule has 0 saturated heterocycles. The van der Waals surface area contributed by atoms with E-state index in [9.17, 15) is 12.8 Å². The second-order valence-corrected chi connectivity index (χ2v) is 5.31. The Balaban J connectivity index is 2.34. The van der Waals surface area contributed by atoms with E-state index in [0.717, 1.165) is 6.07 Å². The van der Waals surface area contributed by atoms with Gasteiger partial charge >= 0.3 is 10.1 Å². The van der Waals surface area contributed by atoms with Crippen molar-refractivity contribution >= 4 is 10.1 Å². The minimum atomic E-state index is -3.92. The lowest BCUT2D eigenvalue weighted by atomic mass is 10.2. The molecule has 0 heterocycles. The fourth-order valence-corrected chi connectivity index (χ4v) is 2.44. The fourth-order valence-electron chi connectivity index (χ4n) is 1.42. The fraction of sp³-hybridized carbons (Fsp3) is 0.0769. The molecule has 0 amide bonds. The Morgan fingerprint density at radius 2 is 1.72 bits per heavy atom. The second kappa shape index (κ2) is 4.78. The van der Waals surface area contributed by atoms with E-state index in [1.807, 2.05) is 0 Å². The smallest absolute Gasteiger partial charge is 0.339 e. The Labute approximate surface area is 105 Å². The van der Waals surface area contributed by atoms with Crippen LogP contribution in [0, 0.1) is 12.7 Å². The lowest BCUT2D eigenvalue weighted by molar-refractivity contribution is 0.485. The van der Waals surface area contributed by atoms with E-state index < -0.39 is 15.9 Å². The predicted molar refractivity (Wildman–Crippen MR) is 65.4 cm³/mol. The van der Waals surface area contributed by atoms with Gasteiger partial charge in [0.2, 0.25) is 0 Å². The summed E-state index contributed by atoms with van der Waals surface area (Å²) in [6, 6.07) is 11.7. The number of hydrogen-bond acceptors (Lipinski definition) is 3. The highest BCUT2D eigenvalue weighted by Crippen LogP contribution is 2.19. The lowest BCUT2D eigenvalue weighted by Gasteiger charge is -2.07. The van der Waals surface area contributed by atoms with Crippen LogP contribution in [0.1, 0.15) is 5.56 Å². The van der Waals surface area contributed by atoms with E-state index in [-0.39, 0.29) is 16.2 Å². The molecule has 0 fully saturated rings. The van der Waals surface area contributed by atoms with Crippen molar-refractivity contribution in [2.75, 3.05) is 0 Å². The van der Waals surface area contributed by atoms with Crippen molar-refractivity contribution in [2.24, 2.45) is 0 Å². The monoisotopic (exact) mass is 266 g/mol. The molecule has 2 rings (SSSR count). The number of hydrogen-bond donors (Lipinski definition) is 0. The molecule has 5 heteroatoms. The Hall–Kier alpha value is -1.88. The SMILES string of the molecule is Cc1cc(S(=O)(=O)Oc2ccccc2)ccc1F. The van der Waals surface area contributed by atoms with Gasteiger partial charge in [0.25, 0.3) is 0 Å². The zero-order valence-corrected chi connectivity index (χ0v) is 10.4. The van der Waals surface area contributed by atoms with Gasteiger partial charge in [0.15, 0.2) is 0 Å². The Kier molecular flexibility index (Phi) is 3.34. The van der Waals surface area contributed by atoms with Crippen LogP contribution >= 0.6 is 0 Å². The van der Waals surface area contributed by atoms with Gasteiger partial charge in [0, 0.05) is 0 Å². The van der Waals surface area contributed by atoms with Crippen molar-refractivity contribution in [3.63, 3.8) is 0 Å². The van der Waals surface area contributed by atoms with Gasteiger partial charge in [-0.1, -0.05) is 18.2 Å². The lowest BCUT2D eigenvalue weighted by Crippen LogP contribution is -2.10. The van der Waals surface area contributed by atoms with Crippen LogP contribution in [0.15, 0.2) is 53.4 Å². The summed E-state index contributed by atoms with van der Waals surface area (Å²) in [5.74, 6) is -0.229. The molecule has 0 aliphatic heterocycles. The average Bonchev–Trinajstić information content (AvgIpc) is 2.33. The zero-order chi connectivity index (χ0) is 13.2. The molecule has 0 atom stereocenters. The molecule has 0 bridgehead atoms. The highest BCUT2D eigenvalue weighted by atomic mass is 32.2. The molecular formula is C13H11FO3S. The summed E-state index contributed by atoms with van der Waals surface area (Å²) < 4.78 is 41.9. The normalized spacial score (nSPS) is 11.2. The van der Waals surface area contributed by atoms with Crippen molar-refractivity contribution < 1.29 is 17.0 Å². The first-order valence-corrected chi connectivity index (χ1v) is 6.65. The Morgan fingerprint density at radius 3 is 2.33 bits per heavy atom. The van der Waals surface area contributed by atoms with Gasteiger partial charge in [-0.15, -0.1) is 0 Å². The zero-order valence-electron chi connectivity index (χ0n) is 9.63. The summed E-state index contributed by atoms with van der Waals surface area (Å²) in [6.45, 7) is 1.50. The van der Waals surface area contributed by atoms with E-state index in [1.165, 1.54) is 31.2 Å². The van der Waals surface area contributed by atoms with Gasteiger partial charge in [-0.2, -0.15) is 8.42 Å². The van der Waals surface area contributed by atoms with E-state index in [0.29, 0.717) is 0 Å². The maximum absolute atomic E-state index is 13.1.